The highest BCUT2D eigenvalue weighted by molar-refractivity contribution is 5.68. The van der Waals surface area contributed by atoms with E-state index in [1.54, 1.807) is 0 Å². The molecule has 4 atom stereocenters. The molecule has 1 aliphatic heterocycles. The molecule has 0 aliphatic carbocycles. The van der Waals surface area contributed by atoms with Crippen LogP contribution < -0.4 is 5.49 Å². The van der Waals surface area contributed by atoms with Crippen molar-refractivity contribution in [3.8, 4) is 0 Å². The van der Waals surface area contributed by atoms with Crippen molar-refractivity contribution in [3.63, 3.8) is 0 Å². The fraction of sp³-hybridized carbons (Fsp3) is 0.500. The molecule has 2 unspecified atom stereocenters. The third kappa shape index (κ3) is 2.16. The highest BCUT2D eigenvalue weighted by Crippen LogP contribution is 2.30. The van der Waals surface area contributed by atoms with E-state index in [-0.39, 0.29) is 22.1 Å². The largest absolute Gasteiger partial charge is 0.425 e. The molecule has 0 aromatic carbocycles. The van der Waals surface area contributed by atoms with Gasteiger partial charge in [0.1, 0.15) is 24.6 Å². The Morgan fingerprint density at radius 1 is 1.24 bits per heavy atom. The number of hydrogen-bond donors (Lipinski definition) is 5. The summed E-state index contributed by atoms with van der Waals surface area (Å²) in [5, 5.41) is 45.7. The summed E-state index contributed by atoms with van der Waals surface area (Å²) in [5.74, 6) is 0. The third-order valence-corrected chi connectivity index (χ3v) is 3.30. The fourth-order valence-corrected chi connectivity index (χ4v) is 2.22. The first-order valence-corrected chi connectivity index (χ1v) is 5.85. The normalized spacial score (nSPS) is 28.7. The van der Waals surface area contributed by atoms with Gasteiger partial charge in [-0.2, -0.15) is 4.73 Å². The molecule has 0 saturated carbocycles. The number of rotatable bonds is 2. The van der Waals surface area contributed by atoms with Crippen molar-refractivity contribution in [1.29, 1.82) is 5.41 Å². The summed E-state index contributed by atoms with van der Waals surface area (Å²) in [4.78, 5) is 7.85. The average Bonchev–Trinajstić information content (AvgIpc) is 2.98. The maximum Gasteiger partial charge on any atom is 0.192 e. The van der Waals surface area contributed by atoms with Crippen molar-refractivity contribution in [2.45, 2.75) is 24.5 Å². The van der Waals surface area contributed by atoms with E-state index >= 15 is 0 Å². The number of ether oxygens (including phenoxy) is 1. The SMILES string of the molecule is N=c1c2ncn([C@@H]3O[C@H](CO)C(O)C3O)c2ncn1O.O. The molecule has 1 fully saturated rings. The number of aliphatic hydroxyl groups is 3. The number of nitrogens with one attached hydrogen (secondary N) is 1. The van der Waals surface area contributed by atoms with Crippen LogP contribution in [0.4, 0.5) is 0 Å². The lowest BCUT2D eigenvalue weighted by atomic mass is 10.1. The second-order valence-electron chi connectivity index (χ2n) is 4.49. The van der Waals surface area contributed by atoms with Gasteiger partial charge in [0.15, 0.2) is 22.9 Å². The molecule has 11 nitrogen and oxygen atoms in total. The first-order valence-electron chi connectivity index (χ1n) is 5.85. The summed E-state index contributed by atoms with van der Waals surface area (Å²) >= 11 is 0. The molecular formula is C10H15N5O6. The van der Waals surface area contributed by atoms with Gasteiger partial charge in [-0.3, -0.25) is 9.98 Å². The van der Waals surface area contributed by atoms with Crippen LogP contribution in [0.5, 0.6) is 0 Å². The molecule has 0 spiro atoms. The van der Waals surface area contributed by atoms with Gasteiger partial charge in [0.25, 0.3) is 0 Å². The summed E-state index contributed by atoms with van der Waals surface area (Å²) in [6.07, 6.45) is -2.07. The van der Waals surface area contributed by atoms with Gasteiger partial charge in [-0.15, -0.1) is 0 Å². The van der Waals surface area contributed by atoms with E-state index in [0.29, 0.717) is 4.73 Å². The molecule has 7 N–H and O–H groups in total. The average molecular weight is 301 g/mol. The molecule has 116 valence electrons. The molecule has 1 saturated heterocycles. The minimum atomic E-state index is -1.26. The highest BCUT2D eigenvalue weighted by Gasteiger charge is 2.43. The van der Waals surface area contributed by atoms with Crippen LogP contribution in [0.1, 0.15) is 6.23 Å². The van der Waals surface area contributed by atoms with Crippen LogP contribution in [0.25, 0.3) is 11.2 Å². The number of imidazole rings is 1. The lowest BCUT2D eigenvalue weighted by Crippen LogP contribution is -2.33. The Hall–Kier alpha value is -2.05. The smallest absolute Gasteiger partial charge is 0.192 e. The minimum absolute atomic E-state index is 0. The summed E-state index contributed by atoms with van der Waals surface area (Å²) in [7, 11) is 0. The first kappa shape index (κ1) is 15.3. The standard InChI is InChI=1S/C10H13N5O5.H2O/c11-8-5-9(13-3-15(8)19)14(2-12-5)10-7(18)6(17)4(1-16)20-10;/h2-4,6-7,10-11,16-19H,1H2;1H2/t4-,6?,7?,10-;/m1./s1. The Labute approximate surface area is 117 Å². The second-order valence-corrected chi connectivity index (χ2v) is 4.49. The topological polar surface area (TPSA) is 181 Å². The number of aromatic nitrogens is 4. The molecule has 0 bridgehead atoms. The van der Waals surface area contributed by atoms with Gasteiger partial charge in [0.2, 0.25) is 0 Å². The zero-order valence-electron chi connectivity index (χ0n) is 10.7. The summed E-state index contributed by atoms with van der Waals surface area (Å²) < 4.78 is 7.22. The van der Waals surface area contributed by atoms with E-state index in [2.05, 4.69) is 9.97 Å². The fourth-order valence-electron chi connectivity index (χ4n) is 2.22. The van der Waals surface area contributed by atoms with Crippen molar-refractivity contribution in [2.75, 3.05) is 6.61 Å². The van der Waals surface area contributed by atoms with Gasteiger partial charge in [-0.05, 0) is 0 Å². The van der Waals surface area contributed by atoms with Crippen LogP contribution in [-0.2, 0) is 4.74 Å². The van der Waals surface area contributed by atoms with Gasteiger partial charge in [-0.1, -0.05) is 0 Å². The van der Waals surface area contributed by atoms with Crippen molar-refractivity contribution < 1.29 is 30.7 Å². The van der Waals surface area contributed by atoms with E-state index < -0.39 is 31.1 Å². The van der Waals surface area contributed by atoms with E-state index in [1.807, 2.05) is 0 Å². The third-order valence-electron chi connectivity index (χ3n) is 3.30. The Kier molecular flexibility index (Phi) is 3.93. The van der Waals surface area contributed by atoms with Crippen LogP contribution in [-0.4, -0.2) is 70.2 Å². The zero-order chi connectivity index (χ0) is 14.4. The van der Waals surface area contributed by atoms with E-state index in [9.17, 15) is 15.4 Å². The molecule has 11 heteroatoms. The monoisotopic (exact) mass is 301 g/mol. The van der Waals surface area contributed by atoms with Gasteiger partial charge in [0, 0.05) is 0 Å². The van der Waals surface area contributed by atoms with Crippen LogP contribution >= 0.6 is 0 Å². The number of fused-ring (bicyclic) bond motifs is 1. The van der Waals surface area contributed by atoms with Crippen molar-refractivity contribution in [1.82, 2.24) is 19.3 Å². The highest BCUT2D eigenvalue weighted by atomic mass is 16.6. The van der Waals surface area contributed by atoms with E-state index in [1.165, 1.54) is 10.9 Å². The minimum Gasteiger partial charge on any atom is -0.425 e. The molecule has 2 aromatic heterocycles. The lowest BCUT2D eigenvalue weighted by molar-refractivity contribution is -0.0511. The molecular weight excluding hydrogens is 286 g/mol. The van der Waals surface area contributed by atoms with Crippen LogP contribution in [0.15, 0.2) is 12.7 Å². The predicted octanol–water partition coefficient (Wildman–Crippen LogP) is -3.26. The van der Waals surface area contributed by atoms with Gasteiger partial charge in [0.05, 0.1) is 12.9 Å². The second kappa shape index (κ2) is 5.38. The van der Waals surface area contributed by atoms with Crippen molar-refractivity contribution in [2.24, 2.45) is 0 Å². The Morgan fingerprint density at radius 3 is 2.57 bits per heavy atom. The quantitative estimate of drug-likeness (QED) is 0.361. The number of aliphatic hydroxyl groups excluding tert-OH is 3. The molecule has 1 aliphatic rings. The van der Waals surface area contributed by atoms with Gasteiger partial charge >= 0.3 is 0 Å². The first-order chi connectivity index (χ1) is 9.54. The Bertz CT molecular complexity index is 699. The Balaban J connectivity index is 0.00000161. The van der Waals surface area contributed by atoms with Crippen LogP contribution in [0, 0.1) is 5.41 Å². The van der Waals surface area contributed by atoms with Gasteiger partial charge in [-0.25, -0.2) is 9.97 Å². The molecule has 3 rings (SSSR count). The summed E-state index contributed by atoms with van der Waals surface area (Å²) in [6.45, 7) is -0.435. The molecule has 0 amide bonds. The number of hydrogen-bond acceptors (Lipinski definition) is 8. The van der Waals surface area contributed by atoms with Crippen molar-refractivity contribution >= 4 is 11.2 Å². The zero-order valence-corrected chi connectivity index (χ0v) is 10.7. The molecule has 3 heterocycles. The maximum absolute atomic E-state index is 9.95. The van der Waals surface area contributed by atoms with Crippen LogP contribution in [0.3, 0.4) is 0 Å². The van der Waals surface area contributed by atoms with Crippen LogP contribution in [0.2, 0.25) is 0 Å². The van der Waals surface area contributed by atoms with Gasteiger partial charge < -0.3 is 30.7 Å². The lowest BCUT2D eigenvalue weighted by Gasteiger charge is -2.16. The molecule has 0 radical (unpaired) electrons. The summed E-state index contributed by atoms with van der Waals surface area (Å²) in [5.41, 5.74) is 0.0726. The van der Waals surface area contributed by atoms with E-state index in [0.717, 1.165) is 6.33 Å². The Morgan fingerprint density at radius 2 is 1.95 bits per heavy atom. The van der Waals surface area contributed by atoms with E-state index in [4.69, 9.17) is 15.3 Å². The molecule has 2 aromatic rings. The maximum atomic E-state index is 9.95. The molecule has 21 heavy (non-hydrogen) atoms. The van der Waals surface area contributed by atoms with Crippen molar-refractivity contribution in [3.05, 3.63) is 18.1 Å². The predicted molar refractivity (Wildman–Crippen MR) is 65.2 cm³/mol. The number of nitrogens with zero attached hydrogens (tertiary/aromatic N) is 4. The summed E-state index contributed by atoms with van der Waals surface area (Å²) in [6, 6.07) is 0.